The summed E-state index contributed by atoms with van der Waals surface area (Å²) in [5.74, 6) is -1.16. The molecule has 0 aliphatic carbocycles. The molecule has 0 saturated heterocycles. The molecule has 0 radical (unpaired) electrons. The Morgan fingerprint density at radius 3 is 2.65 bits per heavy atom. The van der Waals surface area contributed by atoms with E-state index in [9.17, 15) is 9.59 Å². The Morgan fingerprint density at radius 2 is 2.10 bits per heavy atom. The minimum Gasteiger partial charge on any atom is -0.495 e. The van der Waals surface area contributed by atoms with E-state index in [0.29, 0.717) is 16.0 Å². The van der Waals surface area contributed by atoms with Crippen LogP contribution >= 0.6 is 15.9 Å². The van der Waals surface area contributed by atoms with Crippen LogP contribution in [0.4, 0.5) is 5.69 Å². The molecule has 1 amide bonds. The summed E-state index contributed by atoms with van der Waals surface area (Å²) in [5, 5.41) is 11.5. The molecule has 104 valence electrons. The average molecular weight is 340 g/mol. The van der Waals surface area contributed by atoms with Gasteiger partial charge < -0.3 is 19.6 Å². The van der Waals surface area contributed by atoms with Crippen molar-refractivity contribution in [3.8, 4) is 5.75 Å². The number of aromatic carboxylic acids is 1. The highest BCUT2D eigenvalue weighted by Gasteiger charge is 2.16. The zero-order valence-electron chi connectivity index (χ0n) is 10.3. The van der Waals surface area contributed by atoms with E-state index < -0.39 is 11.9 Å². The molecule has 1 heterocycles. The van der Waals surface area contributed by atoms with Gasteiger partial charge in [0.2, 0.25) is 0 Å². The van der Waals surface area contributed by atoms with Crippen LogP contribution in [0.1, 0.15) is 20.7 Å². The van der Waals surface area contributed by atoms with Gasteiger partial charge in [0.15, 0.2) is 4.67 Å². The number of anilines is 1. The molecule has 0 fully saturated rings. The van der Waals surface area contributed by atoms with Crippen LogP contribution in [0.25, 0.3) is 0 Å². The summed E-state index contributed by atoms with van der Waals surface area (Å²) in [6, 6.07) is 5.69. The SMILES string of the molecule is COc1ccc(C(=O)O)cc1NC(=O)c1ccoc1Br. The second-order valence-electron chi connectivity index (χ2n) is 3.78. The molecule has 0 unspecified atom stereocenters. The van der Waals surface area contributed by atoms with Gasteiger partial charge in [0, 0.05) is 0 Å². The van der Waals surface area contributed by atoms with Crippen molar-refractivity contribution in [3.05, 3.63) is 46.3 Å². The van der Waals surface area contributed by atoms with E-state index in [2.05, 4.69) is 21.2 Å². The lowest BCUT2D eigenvalue weighted by atomic mass is 10.2. The molecule has 0 spiro atoms. The summed E-state index contributed by atoms with van der Waals surface area (Å²) in [6.07, 6.45) is 1.36. The van der Waals surface area contributed by atoms with Crippen molar-refractivity contribution < 1.29 is 23.8 Å². The molecule has 7 heteroatoms. The third kappa shape index (κ3) is 2.83. The van der Waals surface area contributed by atoms with Crippen molar-refractivity contribution in [3.63, 3.8) is 0 Å². The lowest BCUT2D eigenvalue weighted by molar-refractivity contribution is 0.0696. The summed E-state index contributed by atoms with van der Waals surface area (Å²) < 4.78 is 10.4. The molecule has 2 N–H and O–H groups in total. The van der Waals surface area contributed by atoms with Gasteiger partial charge in [0.1, 0.15) is 5.75 Å². The number of carbonyl (C=O) groups is 2. The molecule has 1 aromatic heterocycles. The smallest absolute Gasteiger partial charge is 0.335 e. The number of nitrogens with one attached hydrogen (secondary N) is 1. The highest BCUT2D eigenvalue weighted by molar-refractivity contribution is 9.10. The quantitative estimate of drug-likeness (QED) is 0.893. The van der Waals surface area contributed by atoms with Crippen LogP contribution in [-0.2, 0) is 0 Å². The number of hydrogen-bond donors (Lipinski definition) is 2. The number of ether oxygens (including phenoxy) is 1. The average Bonchev–Trinajstić information content (AvgIpc) is 2.84. The van der Waals surface area contributed by atoms with E-state index in [0.717, 1.165) is 0 Å². The van der Waals surface area contributed by atoms with Crippen molar-refractivity contribution in [2.45, 2.75) is 0 Å². The first-order chi connectivity index (χ1) is 9.52. The van der Waals surface area contributed by atoms with Gasteiger partial charge in [-0.3, -0.25) is 4.79 Å². The van der Waals surface area contributed by atoms with Gasteiger partial charge in [0.05, 0.1) is 30.2 Å². The van der Waals surface area contributed by atoms with E-state index in [-0.39, 0.29) is 11.3 Å². The van der Waals surface area contributed by atoms with E-state index in [4.69, 9.17) is 14.3 Å². The standard InChI is InChI=1S/C13H10BrNO5/c1-19-10-3-2-7(13(17)18)6-9(10)15-12(16)8-4-5-20-11(8)14/h2-6H,1H3,(H,15,16)(H,17,18). The Bertz CT molecular complexity index is 665. The van der Waals surface area contributed by atoms with Gasteiger partial charge in [-0.15, -0.1) is 0 Å². The topological polar surface area (TPSA) is 88.8 Å². The fourth-order valence-electron chi connectivity index (χ4n) is 1.58. The molecule has 0 saturated carbocycles. The van der Waals surface area contributed by atoms with E-state index in [1.165, 1.54) is 37.6 Å². The first-order valence-electron chi connectivity index (χ1n) is 5.48. The first kappa shape index (κ1) is 14.1. The number of methoxy groups -OCH3 is 1. The number of rotatable bonds is 4. The number of carboxylic acid groups (broad SMARTS) is 1. The second-order valence-corrected chi connectivity index (χ2v) is 4.50. The number of benzene rings is 1. The maximum absolute atomic E-state index is 12.0. The molecule has 1 aromatic carbocycles. The van der Waals surface area contributed by atoms with Crippen LogP contribution in [0.15, 0.2) is 39.6 Å². The van der Waals surface area contributed by atoms with Gasteiger partial charge in [-0.25, -0.2) is 4.79 Å². The highest BCUT2D eigenvalue weighted by atomic mass is 79.9. The van der Waals surface area contributed by atoms with Crippen molar-refractivity contribution in [2.75, 3.05) is 12.4 Å². The largest absolute Gasteiger partial charge is 0.495 e. The molecular weight excluding hydrogens is 330 g/mol. The lowest BCUT2D eigenvalue weighted by Gasteiger charge is -2.10. The Balaban J connectivity index is 2.32. The third-order valence-electron chi connectivity index (χ3n) is 2.56. The van der Waals surface area contributed by atoms with E-state index in [1.807, 2.05) is 0 Å². The van der Waals surface area contributed by atoms with Crippen molar-refractivity contribution in [1.82, 2.24) is 0 Å². The molecule has 0 aliphatic rings. The predicted molar refractivity (Wildman–Crippen MR) is 74.3 cm³/mol. The molecular formula is C13H10BrNO5. The zero-order chi connectivity index (χ0) is 14.7. The second kappa shape index (κ2) is 5.79. The van der Waals surface area contributed by atoms with Crippen molar-refractivity contribution in [1.29, 1.82) is 0 Å². The van der Waals surface area contributed by atoms with Crippen LogP contribution in [-0.4, -0.2) is 24.1 Å². The Kier molecular flexibility index (Phi) is 4.09. The normalized spacial score (nSPS) is 10.1. The zero-order valence-corrected chi connectivity index (χ0v) is 11.9. The van der Waals surface area contributed by atoms with Crippen LogP contribution in [0, 0.1) is 0 Å². The van der Waals surface area contributed by atoms with Gasteiger partial charge >= 0.3 is 5.97 Å². The van der Waals surface area contributed by atoms with Gasteiger partial charge in [-0.1, -0.05) is 0 Å². The summed E-state index contributed by atoms with van der Waals surface area (Å²) in [7, 11) is 1.43. The van der Waals surface area contributed by atoms with E-state index >= 15 is 0 Å². The van der Waals surface area contributed by atoms with E-state index in [1.54, 1.807) is 0 Å². The van der Waals surface area contributed by atoms with Gasteiger partial charge in [-0.2, -0.15) is 0 Å². The summed E-state index contributed by atoms with van der Waals surface area (Å²) >= 11 is 3.10. The summed E-state index contributed by atoms with van der Waals surface area (Å²) in [6.45, 7) is 0. The minimum absolute atomic E-state index is 0.0485. The van der Waals surface area contributed by atoms with Crippen LogP contribution in [0.2, 0.25) is 0 Å². The van der Waals surface area contributed by atoms with Gasteiger partial charge in [0.25, 0.3) is 5.91 Å². The number of furan rings is 1. The maximum Gasteiger partial charge on any atom is 0.335 e. The highest BCUT2D eigenvalue weighted by Crippen LogP contribution is 2.27. The monoisotopic (exact) mass is 339 g/mol. The Labute approximate surface area is 122 Å². The van der Waals surface area contributed by atoms with Crippen LogP contribution in [0.5, 0.6) is 5.75 Å². The lowest BCUT2D eigenvalue weighted by Crippen LogP contribution is -2.13. The van der Waals surface area contributed by atoms with Crippen molar-refractivity contribution in [2.24, 2.45) is 0 Å². The predicted octanol–water partition coefficient (Wildman–Crippen LogP) is 3.00. The molecule has 0 atom stereocenters. The molecule has 0 aliphatic heterocycles. The maximum atomic E-state index is 12.0. The minimum atomic E-state index is -1.09. The number of halogens is 1. The number of hydrogen-bond acceptors (Lipinski definition) is 4. The first-order valence-corrected chi connectivity index (χ1v) is 6.28. The number of carbonyl (C=O) groups excluding carboxylic acids is 1. The Hall–Kier alpha value is -2.28. The molecule has 20 heavy (non-hydrogen) atoms. The molecule has 2 rings (SSSR count). The van der Waals surface area contributed by atoms with Crippen molar-refractivity contribution >= 4 is 33.5 Å². The fraction of sp³-hybridized carbons (Fsp3) is 0.0769. The van der Waals surface area contributed by atoms with Crippen LogP contribution < -0.4 is 10.1 Å². The Morgan fingerprint density at radius 1 is 1.35 bits per heavy atom. The molecule has 0 bridgehead atoms. The summed E-state index contributed by atoms with van der Waals surface area (Å²) in [5.41, 5.74) is 0.616. The summed E-state index contributed by atoms with van der Waals surface area (Å²) in [4.78, 5) is 23.0. The van der Waals surface area contributed by atoms with Gasteiger partial charge in [-0.05, 0) is 40.2 Å². The molecule has 6 nitrogen and oxygen atoms in total. The molecule has 2 aromatic rings. The third-order valence-corrected chi connectivity index (χ3v) is 3.17. The van der Waals surface area contributed by atoms with Crippen LogP contribution in [0.3, 0.4) is 0 Å². The number of amides is 1. The fourth-order valence-corrected chi connectivity index (χ4v) is 2.00. The number of carboxylic acids is 1.